The summed E-state index contributed by atoms with van der Waals surface area (Å²) in [6.07, 6.45) is 0. The summed E-state index contributed by atoms with van der Waals surface area (Å²) in [5, 5.41) is 2.78. The van der Waals surface area contributed by atoms with Gasteiger partial charge in [0.05, 0.1) is 13.2 Å². The van der Waals surface area contributed by atoms with Crippen LogP contribution in [0.2, 0.25) is 0 Å². The topological polar surface area (TPSA) is 50.8 Å². The molecule has 1 N–H and O–H groups in total. The molecule has 0 aliphatic heterocycles. The number of likely N-dealkylation sites (N-methyl/N-ethyl adjacent to an activating group) is 1. The first-order valence-electron chi connectivity index (χ1n) is 7.92. The Morgan fingerprint density at radius 3 is 2.45 bits per heavy atom. The third-order valence-corrected chi connectivity index (χ3v) is 3.41. The number of nitrogens with zero attached hydrogens (tertiary/aromatic N) is 1. The highest BCUT2D eigenvalue weighted by Crippen LogP contribution is 2.10. The number of hydrogen-bond donors (Lipinski definition) is 1. The Bertz CT molecular complexity index is 416. The molecule has 0 heterocycles. The first-order valence-corrected chi connectivity index (χ1v) is 7.92. The smallest absolute Gasteiger partial charge is 0.258 e. The summed E-state index contributed by atoms with van der Waals surface area (Å²) in [5.41, 5.74) is 1.17. The molecule has 5 heteroatoms. The van der Waals surface area contributed by atoms with Gasteiger partial charge in [-0.3, -0.25) is 4.79 Å². The van der Waals surface area contributed by atoms with Crippen molar-refractivity contribution >= 4 is 5.91 Å². The molecule has 1 amide bonds. The number of ether oxygens (including phenoxy) is 2. The summed E-state index contributed by atoms with van der Waals surface area (Å²) in [6, 6.07) is 7.63. The van der Waals surface area contributed by atoms with Crippen molar-refractivity contribution in [3.05, 3.63) is 29.8 Å². The van der Waals surface area contributed by atoms with E-state index in [1.807, 2.05) is 31.2 Å². The second kappa shape index (κ2) is 11.0. The van der Waals surface area contributed by atoms with Crippen LogP contribution in [0.25, 0.3) is 0 Å². The van der Waals surface area contributed by atoms with Gasteiger partial charge in [0.15, 0.2) is 6.61 Å². The Balaban J connectivity index is 2.03. The third-order valence-electron chi connectivity index (χ3n) is 3.41. The number of carbonyl (C=O) groups is 1. The molecule has 0 aromatic heterocycles. The maximum atomic E-state index is 11.6. The van der Waals surface area contributed by atoms with Crippen molar-refractivity contribution in [3.63, 3.8) is 0 Å². The molecule has 0 aliphatic carbocycles. The lowest BCUT2D eigenvalue weighted by Crippen LogP contribution is -2.32. The molecule has 1 aromatic carbocycles. The molecule has 0 atom stereocenters. The standard InChI is InChI=1S/C17H28N2O3/c1-4-19(5-2)11-13-21-12-10-18-17(20)14-22-16-8-6-15(3)7-9-16/h6-9H,4-5,10-14H2,1-3H3,(H,18,20). The van der Waals surface area contributed by atoms with Crippen LogP contribution < -0.4 is 10.1 Å². The second-order valence-electron chi connectivity index (χ2n) is 5.09. The van der Waals surface area contributed by atoms with Gasteiger partial charge in [0.2, 0.25) is 0 Å². The van der Waals surface area contributed by atoms with Crippen LogP contribution in [-0.4, -0.2) is 56.8 Å². The van der Waals surface area contributed by atoms with Crippen molar-refractivity contribution in [2.75, 3.05) is 46.0 Å². The van der Waals surface area contributed by atoms with Crippen LogP contribution in [0.4, 0.5) is 0 Å². The van der Waals surface area contributed by atoms with Crippen LogP contribution in [0.3, 0.4) is 0 Å². The lowest BCUT2D eigenvalue weighted by molar-refractivity contribution is -0.123. The van der Waals surface area contributed by atoms with Gasteiger partial charge in [-0.2, -0.15) is 0 Å². The second-order valence-corrected chi connectivity index (χ2v) is 5.09. The van der Waals surface area contributed by atoms with Gasteiger partial charge >= 0.3 is 0 Å². The maximum Gasteiger partial charge on any atom is 0.258 e. The number of nitrogens with one attached hydrogen (secondary N) is 1. The minimum atomic E-state index is -0.132. The van der Waals surface area contributed by atoms with Crippen LogP contribution in [0.1, 0.15) is 19.4 Å². The Kier molecular flexibility index (Phi) is 9.26. The number of hydrogen-bond acceptors (Lipinski definition) is 4. The van der Waals surface area contributed by atoms with Crippen molar-refractivity contribution in [1.82, 2.24) is 10.2 Å². The van der Waals surface area contributed by atoms with Gasteiger partial charge in [-0.15, -0.1) is 0 Å². The highest BCUT2D eigenvalue weighted by Gasteiger charge is 2.02. The summed E-state index contributed by atoms with van der Waals surface area (Å²) in [6.45, 7) is 11.0. The maximum absolute atomic E-state index is 11.6. The quantitative estimate of drug-likeness (QED) is 0.634. The molecule has 124 valence electrons. The fraction of sp³-hybridized carbons (Fsp3) is 0.588. The first-order chi connectivity index (χ1) is 10.7. The average molecular weight is 308 g/mol. The summed E-state index contributed by atoms with van der Waals surface area (Å²) in [5.74, 6) is 0.573. The highest BCUT2D eigenvalue weighted by molar-refractivity contribution is 5.77. The van der Waals surface area contributed by atoms with Gasteiger partial charge in [0, 0.05) is 13.1 Å². The molecule has 1 rings (SSSR count). The van der Waals surface area contributed by atoms with Crippen molar-refractivity contribution in [1.29, 1.82) is 0 Å². The molecule has 0 aliphatic rings. The van der Waals surface area contributed by atoms with E-state index in [0.717, 1.165) is 19.6 Å². The van der Waals surface area contributed by atoms with Gasteiger partial charge in [-0.25, -0.2) is 0 Å². The van der Waals surface area contributed by atoms with Gasteiger partial charge in [0.25, 0.3) is 5.91 Å². The Morgan fingerprint density at radius 1 is 1.14 bits per heavy atom. The normalized spacial score (nSPS) is 10.7. The van der Waals surface area contributed by atoms with Crippen LogP contribution in [0.15, 0.2) is 24.3 Å². The summed E-state index contributed by atoms with van der Waals surface area (Å²) < 4.78 is 10.9. The zero-order valence-corrected chi connectivity index (χ0v) is 13.9. The molecule has 22 heavy (non-hydrogen) atoms. The highest BCUT2D eigenvalue weighted by atomic mass is 16.5. The lowest BCUT2D eigenvalue weighted by Gasteiger charge is -2.17. The fourth-order valence-corrected chi connectivity index (χ4v) is 1.93. The van der Waals surface area contributed by atoms with E-state index in [1.54, 1.807) is 0 Å². The van der Waals surface area contributed by atoms with Crippen LogP contribution in [0.5, 0.6) is 5.75 Å². The molecule has 0 bridgehead atoms. The summed E-state index contributed by atoms with van der Waals surface area (Å²) in [4.78, 5) is 13.9. The van der Waals surface area contributed by atoms with Crippen molar-refractivity contribution in [2.24, 2.45) is 0 Å². The van der Waals surface area contributed by atoms with Gasteiger partial charge < -0.3 is 19.7 Å². The molecule has 0 fully saturated rings. The molecular formula is C17H28N2O3. The van der Waals surface area contributed by atoms with E-state index in [4.69, 9.17) is 9.47 Å². The van der Waals surface area contributed by atoms with Crippen molar-refractivity contribution in [3.8, 4) is 5.75 Å². The van der Waals surface area contributed by atoms with E-state index in [1.165, 1.54) is 5.56 Å². The minimum Gasteiger partial charge on any atom is -0.484 e. The number of amides is 1. The molecule has 0 spiro atoms. The number of benzene rings is 1. The van der Waals surface area contributed by atoms with E-state index in [0.29, 0.717) is 25.5 Å². The lowest BCUT2D eigenvalue weighted by atomic mass is 10.2. The van der Waals surface area contributed by atoms with Crippen molar-refractivity contribution in [2.45, 2.75) is 20.8 Å². The van der Waals surface area contributed by atoms with Gasteiger partial charge in [-0.05, 0) is 32.1 Å². The molecular weight excluding hydrogens is 280 g/mol. The molecule has 0 saturated heterocycles. The zero-order chi connectivity index (χ0) is 16.2. The minimum absolute atomic E-state index is 0.0303. The predicted octanol–water partition coefficient (Wildman–Crippen LogP) is 1.85. The Hall–Kier alpha value is -1.59. The van der Waals surface area contributed by atoms with Gasteiger partial charge in [-0.1, -0.05) is 31.5 Å². The summed E-state index contributed by atoms with van der Waals surface area (Å²) >= 11 is 0. The monoisotopic (exact) mass is 308 g/mol. The van der Waals surface area contributed by atoms with E-state index in [-0.39, 0.29) is 12.5 Å². The van der Waals surface area contributed by atoms with E-state index in [9.17, 15) is 4.79 Å². The fourth-order valence-electron chi connectivity index (χ4n) is 1.93. The summed E-state index contributed by atoms with van der Waals surface area (Å²) in [7, 11) is 0. The third kappa shape index (κ3) is 8.00. The van der Waals surface area contributed by atoms with E-state index in [2.05, 4.69) is 24.1 Å². The molecule has 0 radical (unpaired) electrons. The Morgan fingerprint density at radius 2 is 1.82 bits per heavy atom. The molecule has 5 nitrogen and oxygen atoms in total. The van der Waals surface area contributed by atoms with Crippen molar-refractivity contribution < 1.29 is 14.3 Å². The SMILES string of the molecule is CCN(CC)CCOCCNC(=O)COc1ccc(C)cc1. The van der Waals surface area contributed by atoms with Crippen LogP contribution in [-0.2, 0) is 9.53 Å². The van der Waals surface area contributed by atoms with Crippen LogP contribution in [0, 0.1) is 6.92 Å². The molecule has 1 aromatic rings. The Labute approximate surface area is 133 Å². The first kappa shape index (κ1) is 18.5. The van der Waals surface area contributed by atoms with E-state index < -0.39 is 0 Å². The number of aryl methyl sites for hydroxylation is 1. The van der Waals surface area contributed by atoms with E-state index >= 15 is 0 Å². The largest absolute Gasteiger partial charge is 0.484 e. The number of carbonyl (C=O) groups excluding carboxylic acids is 1. The predicted molar refractivity (Wildman–Crippen MR) is 88.3 cm³/mol. The molecule has 0 saturated carbocycles. The average Bonchev–Trinajstić information content (AvgIpc) is 2.54. The zero-order valence-electron chi connectivity index (χ0n) is 13.9. The van der Waals surface area contributed by atoms with Crippen LogP contribution >= 0.6 is 0 Å². The molecule has 0 unspecified atom stereocenters. The van der Waals surface area contributed by atoms with Gasteiger partial charge in [0.1, 0.15) is 5.75 Å². The number of rotatable bonds is 11.